The molecule has 0 saturated heterocycles. The predicted octanol–water partition coefficient (Wildman–Crippen LogP) is 3.53. The van der Waals surface area contributed by atoms with Gasteiger partial charge in [0.05, 0.1) is 16.4 Å². The molecule has 1 heterocycles. The van der Waals surface area contributed by atoms with Crippen molar-refractivity contribution in [2.45, 2.75) is 39.3 Å². The van der Waals surface area contributed by atoms with Crippen molar-refractivity contribution in [3.63, 3.8) is 0 Å². The van der Waals surface area contributed by atoms with E-state index in [4.69, 9.17) is 11.6 Å². The van der Waals surface area contributed by atoms with Gasteiger partial charge in [0.1, 0.15) is 11.5 Å². The van der Waals surface area contributed by atoms with Crippen LogP contribution in [0.3, 0.4) is 0 Å². The maximum atomic E-state index is 14.3. The van der Waals surface area contributed by atoms with Gasteiger partial charge in [0.15, 0.2) is 0 Å². The Morgan fingerprint density at radius 2 is 2.15 bits per heavy atom. The van der Waals surface area contributed by atoms with Crippen molar-refractivity contribution in [2.24, 2.45) is 0 Å². The van der Waals surface area contributed by atoms with Gasteiger partial charge in [-0.25, -0.2) is 9.07 Å². The average molecular weight is 294 g/mol. The Labute approximate surface area is 122 Å². The van der Waals surface area contributed by atoms with E-state index in [0.29, 0.717) is 29.0 Å². The normalized spacial score (nSPS) is 14.8. The molecule has 1 fully saturated rings. The highest BCUT2D eigenvalue weighted by atomic mass is 35.5. The molecular weight excluding hydrogens is 277 g/mol. The smallest absolute Gasteiger partial charge is 0.149 e. The van der Waals surface area contributed by atoms with Gasteiger partial charge in [-0.05, 0) is 44.4 Å². The largest absolute Gasteiger partial charge is 0.310 e. The van der Waals surface area contributed by atoms with Gasteiger partial charge in [-0.1, -0.05) is 17.7 Å². The molecule has 0 spiro atoms. The highest BCUT2D eigenvalue weighted by Crippen LogP contribution is 2.24. The summed E-state index contributed by atoms with van der Waals surface area (Å²) < 4.78 is 15.8. The van der Waals surface area contributed by atoms with Crippen molar-refractivity contribution in [1.82, 2.24) is 15.1 Å². The van der Waals surface area contributed by atoms with E-state index in [9.17, 15) is 4.39 Å². The summed E-state index contributed by atoms with van der Waals surface area (Å²) in [6.07, 6.45) is 2.45. The van der Waals surface area contributed by atoms with Gasteiger partial charge in [-0.2, -0.15) is 5.10 Å². The lowest BCUT2D eigenvalue weighted by Gasteiger charge is -2.09. The van der Waals surface area contributed by atoms with Crippen LogP contribution in [0.15, 0.2) is 18.2 Å². The molecule has 1 aliphatic rings. The third-order valence-electron chi connectivity index (χ3n) is 3.62. The van der Waals surface area contributed by atoms with E-state index in [2.05, 4.69) is 10.4 Å². The van der Waals surface area contributed by atoms with Crippen molar-refractivity contribution in [2.75, 3.05) is 0 Å². The highest BCUT2D eigenvalue weighted by molar-refractivity contribution is 6.31. The standard InChI is InChI=1S/C15H17ClFN3/c1-9-15(16)10(2)20(19-9)14-6-3-11(7-13(14)17)8-18-12-4-5-12/h3,6-7,12,18H,4-5,8H2,1-2H3. The summed E-state index contributed by atoms with van der Waals surface area (Å²) in [6, 6.07) is 5.87. The van der Waals surface area contributed by atoms with Gasteiger partial charge in [-0.15, -0.1) is 0 Å². The zero-order chi connectivity index (χ0) is 14.3. The molecule has 2 aromatic rings. The number of aryl methyl sites for hydroxylation is 1. The van der Waals surface area contributed by atoms with E-state index < -0.39 is 0 Å². The second-order valence-electron chi connectivity index (χ2n) is 5.34. The quantitative estimate of drug-likeness (QED) is 0.934. The molecule has 0 aliphatic heterocycles. The Morgan fingerprint density at radius 3 is 2.70 bits per heavy atom. The maximum absolute atomic E-state index is 14.3. The zero-order valence-electron chi connectivity index (χ0n) is 11.6. The molecule has 1 aromatic carbocycles. The molecule has 3 nitrogen and oxygen atoms in total. The third kappa shape index (κ3) is 2.58. The molecule has 20 heavy (non-hydrogen) atoms. The minimum atomic E-state index is -0.276. The molecule has 106 valence electrons. The summed E-state index contributed by atoms with van der Waals surface area (Å²) in [5.74, 6) is -0.276. The van der Waals surface area contributed by atoms with Crippen LogP contribution < -0.4 is 5.32 Å². The van der Waals surface area contributed by atoms with Gasteiger partial charge in [0, 0.05) is 12.6 Å². The lowest BCUT2D eigenvalue weighted by atomic mass is 10.2. The number of nitrogens with one attached hydrogen (secondary N) is 1. The number of rotatable bonds is 4. The molecule has 0 bridgehead atoms. The Balaban J connectivity index is 1.87. The number of hydrogen-bond acceptors (Lipinski definition) is 2. The van der Waals surface area contributed by atoms with Crippen molar-refractivity contribution in [3.8, 4) is 5.69 Å². The number of benzene rings is 1. The van der Waals surface area contributed by atoms with E-state index in [-0.39, 0.29) is 5.82 Å². The maximum Gasteiger partial charge on any atom is 0.149 e. The second-order valence-corrected chi connectivity index (χ2v) is 5.72. The first-order valence-electron chi connectivity index (χ1n) is 6.80. The van der Waals surface area contributed by atoms with Crippen LogP contribution in [-0.4, -0.2) is 15.8 Å². The Morgan fingerprint density at radius 1 is 1.40 bits per heavy atom. The lowest BCUT2D eigenvalue weighted by Crippen LogP contribution is -2.15. The van der Waals surface area contributed by atoms with Gasteiger partial charge >= 0.3 is 0 Å². The predicted molar refractivity (Wildman–Crippen MR) is 77.9 cm³/mol. The van der Waals surface area contributed by atoms with Crippen LogP contribution in [-0.2, 0) is 6.54 Å². The van der Waals surface area contributed by atoms with Crippen LogP contribution in [0.4, 0.5) is 4.39 Å². The second kappa shape index (κ2) is 5.19. The fraction of sp³-hybridized carbons (Fsp3) is 0.400. The van der Waals surface area contributed by atoms with Crippen LogP contribution >= 0.6 is 11.6 Å². The number of aromatic nitrogens is 2. The van der Waals surface area contributed by atoms with Crippen molar-refractivity contribution < 1.29 is 4.39 Å². The van der Waals surface area contributed by atoms with E-state index >= 15 is 0 Å². The van der Waals surface area contributed by atoms with Gasteiger partial charge in [-0.3, -0.25) is 0 Å². The number of halogens is 2. The first kappa shape index (κ1) is 13.6. The average Bonchev–Trinajstić information content (AvgIpc) is 3.21. The van der Waals surface area contributed by atoms with E-state index in [1.807, 2.05) is 19.9 Å². The van der Waals surface area contributed by atoms with Crippen molar-refractivity contribution >= 4 is 11.6 Å². The summed E-state index contributed by atoms with van der Waals surface area (Å²) in [6.45, 7) is 4.36. The minimum Gasteiger partial charge on any atom is -0.310 e. The summed E-state index contributed by atoms with van der Waals surface area (Å²) in [5, 5.41) is 8.24. The number of hydrogen-bond donors (Lipinski definition) is 1. The molecular formula is C15H17ClFN3. The van der Waals surface area contributed by atoms with Gasteiger partial charge in [0.2, 0.25) is 0 Å². The van der Waals surface area contributed by atoms with Crippen molar-refractivity contribution in [1.29, 1.82) is 0 Å². The molecule has 3 rings (SSSR count). The highest BCUT2D eigenvalue weighted by Gasteiger charge is 2.20. The topological polar surface area (TPSA) is 29.9 Å². The van der Waals surface area contributed by atoms with Crippen molar-refractivity contribution in [3.05, 3.63) is 46.0 Å². The van der Waals surface area contributed by atoms with Crippen LogP contribution in [0.1, 0.15) is 29.8 Å². The van der Waals surface area contributed by atoms with Gasteiger partial charge in [0.25, 0.3) is 0 Å². The van der Waals surface area contributed by atoms with Crippen LogP contribution in [0.5, 0.6) is 0 Å². The summed E-state index contributed by atoms with van der Waals surface area (Å²) in [7, 11) is 0. The third-order valence-corrected chi connectivity index (χ3v) is 4.16. The van der Waals surface area contributed by atoms with Gasteiger partial charge < -0.3 is 5.32 Å². The fourth-order valence-electron chi connectivity index (χ4n) is 2.24. The Bertz CT molecular complexity index is 647. The van der Waals surface area contributed by atoms with E-state index in [1.165, 1.54) is 12.8 Å². The lowest BCUT2D eigenvalue weighted by molar-refractivity contribution is 0.601. The van der Waals surface area contributed by atoms with Crippen LogP contribution in [0.25, 0.3) is 5.69 Å². The SMILES string of the molecule is Cc1nn(-c2ccc(CNC3CC3)cc2F)c(C)c1Cl. The zero-order valence-corrected chi connectivity index (χ0v) is 12.3. The Hall–Kier alpha value is -1.39. The monoisotopic (exact) mass is 293 g/mol. The van der Waals surface area contributed by atoms with E-state index in [1.54, 1.807) is 16.8 Å². The fourth-order valence-corrected chi connectivity index (χ4v) is 2.36. The summed E-state index contributed by atoms with van der Waals surface area (Å²) in [4.78, 5) is 0. The van der Waals surface area contributed by atoms with Crippen LogP contribution in [0, 0.1) is 19.7 Å². The number of nitrogens with zero attached hydrogens (tertiary/aromatic N) is 2. The first-order chi connectivity index (χ1) is 9.56. The molecule has 0 atom stereocenters. The molecule has 1 aliphatic carbocycles. The van der Waals surface area contributed by atoms with E-state index in [0.717, 1.165) is 11.3 Å². The first-order valence-corrected chi connectivity index (χ1v) is 7.18. The minimum absolute atomic E-state index is 0.276. The summed E-state index contributed by atoms with van der Waals surface area (Å²) in [5.41, 5.74) is 2.86. The van der Waals surface area contributed by atoms with Crippen LogP contribution in [0.2, 0.25) is 5.02 Å². The molecule has 0 amide bonds. The molecule has 1 N–H and O–H groups in total. The molecule has 1 aromatic heterocycles. The molecule has 5 heteroatoms. The Kier molecular flexibility index (Phi) is 3.52. The summed E-state index contributed by atoms with van der Waals surface area (Å²) >= 11 is 6.11. The molecule has 0 radical (unpaired) electrons. The molecule has 1 saturated carbocycles. The molecule has 0 unspecified atom stereocenters.